The van der Waals surface area contributed by atoms with Gasteiger partial charge in [-0.05, 0) is 94.3 Å². The quantitative estimate of drug-likeness (QED) is 0.0447. The first kappa shape index (κ1) is 75.7. The predicted molar refractivity (Wildman–Crippen MR) is 349 cm³/mol. The van der Waals surface area contributed by atoms with Crippen molar-refractivity contribution in [3.63, 3.8) is 0 Å². The molecule has 0 aromatic rings. The molecule has 0 spiro atoms. The van der Waals surface area contributed by atoms with Gasteiger partial charge in [0.1, 0.15) is 0 Å². The molecule has 0 bridgehead atoms. The molecule has 472 valence electrons. The normalized spacial score (nSPS) is 18.2. The number of unbranched alkanes of at least 4 members (excludes halogenated alkanes) is 44. The molecular weight excluding hydrogens is 1010 g/mol. The molecule has 0 radical (unpaired) electrons. The minimum Gasteiger partial charge on any atom is -0.312 e. The smallest absolute Gasteiger partial charge is 0.312 e. The van der Waals surface area contributed by atoms with E-state index in [1.807, 2.05) is 0 Å². The van der Waals surface area contributed by atoms with E-state index >= 15 is 0 Å². The van der Waals surface area contributed by atoms with Crippen molar-refractivity contribution in [3.8, 4) is 0 Å². The first-order valence-electron chi connectivity index (χ1n) is 36.4. The molecule has 2 saturated carbocycles. The lowest BCUT2D eigenvalue weighted by atomic mass is 9.60. The third-order valence-electron chi connectivity index (χ3n) is 18.7. The highest BCUT2D eigenvalue weighted by atomic mass is 31.2. The summed E-state index contributed by atoms with van der Waals surface area (Å²) in [6.07, 6.45) is 75.4. The molecule has 0 amide bonds. The molecule has 2 aliphatic carbocycles. The van der Waals surface area contributed by atoms with Crippen LogP contribution in [0, 0.1) is 17.3 Å². The van der Waals surface area contributed by atoms with Gasteiger partial charge in [0.05, 0.1) is 38.6 Å². The molecule has 0 N–H and O–H groups in total. The van der Waals surface area contributed by atoms with Gasteiger partial charge in [0.15, 0.2) is 0 Å². The minimum atomic E-state index is -1.29. The molecule has 0 aromatic heterocycles. The van der Waals surface area contributed by atoms with Crippen LogP contribution in [0.25, 0.3) is 0 Å². The van der Waals surface area contributed by atoms with Crippen molar-refractivity contribution in [2.24, 2.45) is 17.3 Å². The van der Waals surface area contributed by atoms with Crippen molar-refractivity contribution in [2.75, 3.05) is 26.4 Å². The SMILES string of the molecule is CCCCCCCCCCCCCCOP(OCCCCCCCCCCCCCC)OC1CCC(C(C)(C)C2CCC(OP(OCCCCCCCCCCCCCC)OCCCCCCCCCCCCCC)CC2)CC1. The Hall–Kier alpha value is 0.620. The third-order valence-corrected chi connectivity index (χ3v) is 21.2. The zero-order valence-corrected chi connectivity index (χ0v) is 56.4. The van der Waals surface area contributed by atoms with E-state index < -0.39 is 17.2 Å². The summed E-state index contributed by atoms with van der Waals surface area (Å²) in [6, 6.07) is 0. The van der Waals surface area contributed by atoms with Crippen LogP contribution in [0.3, 0.4) is 0 Å². The first-order chi connectivity index (χ1) is 38.9. The summed E-state index contributed by atoms with van der Waals surface area (Å²) >= 11 is 0. The van der Waals surface area contributed by atoms with Gasteiger partial charge in [-0.2, -0.15) is 0 Å². The summed E-state index contributed by atoms with van der Waals surface area (Å²) in [7, 11) is -2.57. The molecule has 79 heavy (non-hydrogen) atoms. The van der Waals surface area contributed by atoms with Gasteiger partial charge in [0.25, 0.3) is 0 Å². The molecule has 0 aromatic carbocycles. The summed E-state index contributed by atoms with van der Waals surface area (Å²) in [6.45, 7) is 17.5. The fourth-order valence-corrected chi connectivity index (χ4v) is 15.3. The van der Waals surface area contributed by atoms with Crippen LogP contribution in [-0.4, -0.2) is 38.6 Å². The minimum absolute atomic E-state index is 0.260. The van der Waals surface area contributed by atoms with Gasteiger partial charge in [-0.1, -0.05) is 324 Å². The van der Waals surface area contributed by atoms with Crippen molar-refractivity contribution >= 4 is 17.2 Å². The van der Waals surface area contributed by atoms with Gasteiger partial charge in [-0.15, -0.1) is 0 Å². The highest BCUT2D eigenvalue weighted by Gasteiger charge is 2.42. The van der Waals surface area contributed by atoms with E-state index in [0.29, 0.717) is 5.41 Å². The molecule has 0 saturated heterocycles. The molecule has 0 aliphatic heterocycles. The maximum Gasteiger partial charge on any atom is 0.332 e. The molecule has 0 atom stereocenters. The standard InChI is InChI=1S/C71H142O6P2/c1-7-11-15-19-23-27-31-35-39-43-47-51-63-72-78(73-64-52-48-44-40-36-32-28-24-20-16-12-8-2)76-69-59-55-67(56-60-69)71(5,6)68-57-61-70(62-58-68)77-79(74-65-53-49-45-41-37-33-29-25-21-17-13-9-3)75-66-54-50-46-42-38-34-30-26-22-18-14-10-4/h67-70H,7-66H2,1-6H3. The summed E-state index contributed by atoms with van der Waals surface area (Å²) in [5.41, 5.74) is 0.317. The largest absolute Gasteiger partial charge is 0.332 e. The molecule has 8 heteroatoms. The van der Waals surface area contributed by atoms with Crippen molar-refractivity contribution in [2.45, 2.75) is 413 Å². The van der Waals surface area contributed by atoms with Gasteiger partial charge in [-0.3, -0.25) is 0 Å². The average molecular weight is 1150 g/mol. The zero-order chi connectivity index (χ0) is 56.6. The Morgan fingerprint density at radius 3 is 0.582 bits per heavy atom. The molecule has 2 aliphatic rings. The Kier molecular flexibility index (Phi) is 55.3. The van der Waals surface area contributed by atoms with Crippen molar-refractivity contribution in [1.82, 2.24) is 0 Å². The first-order valence-corrected chi connectivity index (χ1v) is 38.6. The molecule has 2 fully saturated rings. The van der Waals surface area contributed by atoms with Crippen LogP contribution in [0.4, 0.5) is 0 Å². The zero-order valence-electron chi connectivity index (χ0n) is 54.6. The lowest BCUT2D eigenvalue weighted by Gasteiger charge is -2.46. The summed E-state index contributed by atoms with van der Waals surface area (Å²) in [4.78, 5) is 0. The Labute approximate surface area is 498 Å². The van der Waals surface area contributed by atoms with Crippen LogP contribution >= 0.6 is 17.2 Å². The second kappa shape index (κ2) is 57.7. The van der Waals surface area contributed by atoms with E-state index in [1.54, 1.807) is 0 Å². The van der Waals surface area contributed by atoms with Crippen LogP contribution < -0.4 is 0 Å². The molecule has 0 heterocycles. The average Bonchev–Trinajstić information content (AvgIpc) is 3.46. The van der Waals surface area contributed by atoms with Crippen LogP contribution in [0.1, 0.15) is 401 Å². The molecular formula is C71H142O6P2. The van der Waals surface area contributed by atoms with Gasteiger partial charge in [0, 0.05) is 0 Å². The van der Waals surface area contributed by atoms with E-state index in [0.717, 1.165) is 89.6 Å². The Balaban J connectivity index is 1.78. The van der Waals surface area contributed by atoms with Gasteiger partial charge >= 0.3 is 17.2 Å². The lowest BCUT2D eigenvalue weighted by Crippen LogP contribution is -2.38. The molecule has 2 rings (SSSR count). The predicted octanol–water partition coefficient (Wildman–Crippen LogP) is 26.5. The van der Waals surface area contributed by atoms with Crippen molar-refractivity contribution in [3.05, 3.63) is 0 Å². The maximum atomic E-state index is 6.80. The van der Waals surface area contributed by atoms with Gasteiger partial charge in [-0.25, -0.2) is 0 Å². The fourth-order valence-electron chi connectivity index (χ4n) is 12.9. The van der Waals surface area contributed by atoms with E-state index in [1.165, 1.54) is 308 Å². The Bertz CT molecular complexity index is 1040. The summed E-state index contributed by atoms with van der Waals surface area (Å²) < 4.78 is 39.6. The Morgan fingerprint density at radius 1 is 0.241 bits per heavy atom. The molecule has 0 unspecified atom stereocenters. The third kappa shape index (κ3) is 45.6. The van der Waals surface area contributed by atoms with Crippen molar-refractivity contribution < 1.29 is 27.1 Å². The highest BCUT2D eigenvalue weighted by Crippen LogP contribution is 2.52. The fraction of sp³-hybridized carbons (Fsp3) is 1.00. The number of hydrogen-bond donors (Lipinski definition) is 0. The van der Waals surface area contributed by atoms with E-state index in [4.69, 9.17) is 27.1 Å². The van der Waals surface area contributed by atoms with Crippen molar-refractivity contribution in [1.29, 1.82) is 0 Å². The van der Waals surface area contributed by atoms with Gasteiger partial charge in [0.2, 0.25) is 0 Å². The molecule has 6 nitrogen and oxygen atoms in total. The van der Waals surface area contributed by atoms with Gasteiger partial charge < -0.3 is 27.1 Å². The van der Waals surface area contributed by atoms with Crippen LogP contribution in [0.5, 0.6) is 0 Å². The Morgan fingerprint density at radius 2 is 0.405 bits per heavy atom. The van der Waals surface area contributed by atoms with Crippen LogP contribution in [0.15, 0.2) is 0 Å². The second-order valence-corrected chi connectivity index (χ2v) is 28.7. The summed E-state index contributed by atoms with van der Waals surface area (Å²) in [5.74, 6) is 1.47. The lowest BCUT2D eigenvalue weighted by molar-refractivity contribution is 0.00223. The second-order valence-electron chi connectivity index (χ2n) is 26.3. The summed E-state index contributed by atoms with van der Waals surface area (Å²) in [5, 5.41) is 0. The van der Waals surface area contributed by atoms with E-state index in [-0.39, 0.29) is 12.2 Å². The van der Waals surface area contributed by atoms with Crippen LogP contribution in [-0.2, 0) is 27.1 Å². The monoisotopic (exact) mass is 1150 g/mol. The van der Waals surface area contributed by atoms with E-state index in [2.05, 4.69) is 41.5 Å². The number of rotatable bonds is 62. The van der Waals surface area contributed by atoms with Crippen LogP contribution in [0.2, 0.25) is 0 Å². The topological polar surface area (TPSA) is 55.4 Å². The van der Waals surface area contributed by atoms with E-state index in [9.17, 15) is 0 Å². The maximum absolute atomic E-state index is 6.80. The highest BCUT2D eigenvalue weighted by molar-refractivity contribution is 7.42. The number of hydrogen-bond acceptors (Lipinski definition) is 6.